The van der Waals surface area contributed by atoms with Crippen LogP contribution in [0.2, 0.25) is 0 Å². The standard InChI is InChI=1S/C12H25N/c1-4-5-8-12(2)9-6-7-10-13(3)11-12/h4-11H2,1-3H3. The predicted octanol–water partition coefficient (Wildman–Crippen LogP) is 3.30. The lowest BCUT2D eigenvalue weighted by atomic mass is 9.81. The Balaban J connectivity index is 2.43. The predicted molar refractivity (Wildman–Crippen MR) is 59.0 cm³/mol. The van der Waals surface area contributed by atoms with E-state index in [-0.39, 0.29) is 0 Å². The minimum atomic E-state index is 0.612. The van der Waals surface area contributed by atoms with E-state index in [4.69, 9.17) is 0 Å². The second kappa shape index (κ2) is 4.99. The van der Waals surface area contributed by atoms with E-state index in [1.165, 1.54) is 51.6 Å². The molecule has 1 unspecified atom stereocenters. The summed E-state index contributed by atoms with van der Waals surface area (Å²) in [5.74, 6) is 0. The monoisotopic (exact) mass is 183 g/mol. The van der Waals surface area contributed by atoms with Crippen molar-refractivity contribution in [3.05, 3.63) is 0 Å². The molecule has 1 rings (SSSR count). The third-order valence-corrected chi connectivity index (χ3v) is 3.36. The van der Waals surface area contributed by atoms with Gasteiger partial charge in [-0.2, -0.15) is 0 Å². The zero-order valence-corrected chi connectivity index (χ0v) is 9.60. The van der Waals surface area contributed by atoms with Crippen molar-refractivity contribution in [3.63, 3.8) is 0 Å². The summed E-state index contributed by atoms with van der Waals surface area (Å²) < 4.78 is 0. The van der Waals surface area contributed by atoms with E-state index in [2.05, 4.69) is 25.8 Å². The Bertz CT molecular complexity index is 144. The lowest BCUT2D eigenvalue weighted by Gasteiger charge is -2.31. The molecule has 1 nitrogen and oxygen atoms in total. The van der Waals surface area contributed by atoms with Gasteiger partial charge in [0.2, 0.25) is 0 Å². The van der Waals surface area contributed by atoms with Crippen molar-refractivity contribution < 1.29 is 0 Å². The molecule has 0 N–H and O–H groups in total. The number of nitrogens with zero attached hydrogens (tertiary/aromatic N) is 1. The smallest absolute Gasteiger partial charge is 0.00323 e. The highest BCUT2D eigenvalue weighted by atomic mass is 15.1. The van der Waals surface area contributed by atoms with E-state index >= 15 is 0 Å². The first kappa shape index (κ1) is 11.0. The Morgan fingerprint density at radius 2 is 2.08 bits per heavy atom. The Kier molecular flexibility index (Phi) is 4.24. The molecule has 0 bridgehead atoms. The van der Waals surface area contributed by atoms with Gasteiger partial charge in [0.25, 0.3) is 0 Å². The summed E-state index contributed by atoms with van der Waals surface area (Å²) in [6, 6.07) is 0. The molecule has 1 aliphatic rings. The van der Waals surface area contributed by atoms with Gasteiger partial charge in [0.15, 0.2) is 0 Å². The molecule has 0 radical (unpaired) electrons. The number of unbranched alkanes of at least 4 members (excludes halogenated alkanes) is 1. The van der Waals surface area contributed by atoms with Gasteiger partial charge in [0.1, 0.15) is 0 Å². The van der Waals surface area contributed by atoms with Crippen molar-refractivity contribution in [2.24, 2.45) is 5.41 Å². The van der Waals surface area contributed by atoms with Gasteiger partial charge in [-0.3, -0.25) is 0 Å². The summed E-state index contributed by atoms with van der Waals surface area (Å²) in [4.78, 5) is 2.52. The minimum Gasteiger partial charge on any atom is -0.306 e. The third-order valence-electron chi connectivity index (χ3n) is 3.36. The van der Waals surface area contributed by atoms with Gasteiger partial charge in [-0.05, 0) is 38.3 Å². The van der Waals surface area contributed by atoms with E-state index in [1.54, 1.807) is 0 Å². The second-order valence-corrected chi connectivity index (χ2v) is 5.11. The van der Waals surface area contributed by atoms with E-state index in [1.807, 2.05) is 0 Å². The molecule has 13 heavy (non-hydrogen) atoms. The van der Waals surface area contributed by atoms with Crippen LogP contribution in [0.15, 0.2) is 0 Å². The molecule has 1 heteroatoms. The molecule has 1 heterocycles. The molecule has 1 atom stereocenters. The molecule has 0 aromatic carbocycles. The normalized spacial score (nSPS) is 31.6. The van der Waals surface area contributed by atoms with Gasteiger partial charge in [0.05, 0.1) is 0 Å². The van der Waals surface area contributed by atoms with Crippen LogP contribution in [0.25, 0.3) is 0 Å². The largest absolute Gasteiger partial charge is 0.306 e. The molecule has 0 amide bonds. The first-order chi connectivity index (χ1) is 6.16. The van der Waals surface area contributed by atoms with Gasteiger partial charge >= 0.3 is 0 Å². The summed E-state index contributed by atoms with van der Waals surface area (Å²) in [6.45, 7) is 7.39. The van der Waals surface area contributed by atoms with E-state index in [9.17, 15) is 0 Å². The Morgan fingerprint density at radius 1 is 1.31 bits per heavy atom. The van der Waals surface area contributed by atoms with Crippen molar-refractivity contribution in [2.45, 2.75) is 52.4 Å². The fourth-order valence-electron chi connectivity index (χ4n) is 2.55. The number of hydrogen-bond acceptors (Lipinski definition) is 1. The van der Waals surface area contributed by atoms with Crippen molar-refractivity contribution in [1.82, 2.24) is 4.90 Å². The Labute approximate surface area is 83.5 Å². The summed E-state index contributed by atoms with van der Waals surface area (Å²) in [6.07, 6.45) is 8.46. The zero-order chi connectivity index (χ0) is 9.73. The van der Waals surface area contributed by atoms with Crippen LogP contribution in [0, 0.1) is 5.41 Å². The molecule has 1 fully saturated rings. The average Bonchev–Trinajstić information content (AvgIpc) is 2.24. The summed E-state index contributed by atoms with van der Waals surface area (Å²) >= 11 is 0. The fourth-order valence-corrected chi connectivity index (χ4v) is 2.55. The van der Waals surface area contributed by atoms with Gasteiger partial charge in [-0.15, -0.1) is 0 Å². The molecule has 0 aromatic heterocycles. The van der Waals surface area contributed by atoms with Crippen molar-refractivity contribution in [1.29, 1.82) is 0 Å². The highest BCUT2D eigenvalue weighted by Crippen LogP contribution is 2.33. The van der Waals surface area contributed by atoms with Crippen LogP contribution >= 0.6 is 0 Å². The second-order valence-electron chi connectivity index (χ2n) is 5.11. The zero-order valence-electron chi connectivity index (χ0n) is 9.60. The number of hydrogen-bond donors (Lipinski definition) is 0. The molecule has 0 saturated carbocycles. The van der Waals surface area contributed by atoms with Crippen LogP contribution < -0.4 is 0 Å². The fraction of sp³-hybridized carbons (Fsp3) is 1.00. The lowest BCUT2D eigenvalue weighted by molar-refractivity contribution is 0.189. The molecule has 1 saturated heterocycles. The summed E-state index contributed by atoms with van der Waals surface area (Å²) in [5.41, 5.74) is 0.612. The van der Waals surface area contributed by atoms with Gasteiger partial charge in [-0.25, -0.2) is 0 Å². The maximum atomic E-state index is 2.52. The first-order valence-electron chi connectivity index (χ1n) is 5.85. The van der Waals surface area contributed by atoms with E-state index in [0.29, 0.717) is 5.41 Å². The molecule has 0 aliphatic carbocycles. The highest BCUT2D eigenvalue weighted by Gasteiger charge is 2.26. The number of likely N-dealkylation sites (tertiary alicyclic amines) is 1. The molecular weight excluding hydrogens is 158 g/mol. The molecule has 1 aliphatic heterocycles. The van der Waals surface area contributed by atoms with Crippen molar-refractivity contribution in [3.8, 4) is 0 Å². The topological polar surface area (TPSA) is 3.24 Å². The van der Waals surface area contributed by atoms with Gasteiger partial charge < -0.3 is 4.90 Å². The minimum absolute atomic E-state index is 0.612. The van der Waals surface area contributed by atoms with Gasteiger partial charge in [-0.1, -0.05) is 33.1 Å². The van der Waals surface area contributed by atoms with Crippen LogP contribution in [-0.2, 0) is 0 Å². The van der Waals surface area contributed by atoms with Crippen LogP contribution in [-0.4, -0.2) is 25.0 Å². The van der Waals surface area contributed by atoms with E-state index in [0.717, 1.165) is 0 Å². The number of rotatable bonds is 3. The van der Waals surface area contributed by atoms with Crippen molar-refractivity contribution >= 4 is 0 Å². The average molecular weight is 183 g/mol. The SMILES string of the molecule is CCCCC1(C)CCCCN(C)C1. The Hall–Kier alpha value is -0.0400. The van der Waals surface area contributed by atoms with E-state index < -0.39 is 0 Å². The van der Waals surface area contributed by atoms with Crippen LogP contribution in [0.1, 0.15) is 52.4 Å². The molecule has 0 spiro atoms. The molecular formula is C12H25N. The lowest BCUT2D eigenvalue weighted by Crippen LogP contribution is -2.31. The summed E-state index contributed by atoms with van der Waals surface area (Å²) in [5, 5.41) is 0. The third kappa shape index (κ3) is 3.68. The maximum Gasteiger partial charge on any atom is 0.00323 e. The van der Waals surface area contributed by atoms with Gasteiger partial charge in [0, 0.05) is 6.54 Å². The van der Waals surface area contributed by atoms with Crippen LogP contribution in [0.4, 0.5) is 0 Å². The molecule has 0 aromatic rings. The molecule has 78 valence electrons. The first-order valence-corrected chi connectivity index (χ1v) is 5.85. The maximum absolute atomic E-state index is 2.52. The summed E-state index contributed by atoms with van der Waals surface area (Å²) in [7, 11) is 2.27. The van der Waals surface area contributed by atoms with Crippen LogP contribution in [0.3, 0.4) is 0 Å². The van der Waals surface area contributed by atoms with Crippen LogP contribution in [0.5, 0.6) is 0 Å². The Morgan fingerprint density at radius 3 is 2.77 bits per heavy atom. The van der Waals surface area contributed by atoms with Crippen molar-refractivity contribution in [2.75, 3.05) is 20.1 Å². The quantitative estimate of drug-likeness (QED) is 0.649. The highest BCUT2D eigenvalue weighted by molar-refractivity contribution is 4.80.